The number of anilines is 3. The second-order valence-corrected chi connectivity index (χ2v) is 10.5. The largest absolute Gasteiger partial charge is 0.310 e. The summed E-state index contributed by atoms with van der Waals surface area (Å²) in [7, 11) is 0. The lowest BCUT2D eigenvalue weighted by molar-refractivity contribution is 0.647. The van der Waals surface area contributed by atoms with Gasteiger partial charge < -0.3 is 4.90 Å². The lowest BCUT2D eigenvalue weighted by atomic mass is 9.64. The Kier molecular flexibility index (Phi) is 4.69. The van der Waals surface area contributed by atoms with Crippen LogP contribution in [0.2, 0.25) is 0 Å². The molecule has 1 aliphatic heterocycles. The molecule has 0 amide bonds. The summed E-state index contributed by atoms with van der Waals surface area (Å²) >= 11 is 0. The third kappa shape index (κ3) is 2.83. The van der Waals surface area contributed by atoms with E-state index in [4.69, 9.17) is 0 Å². The molecule has 36 heavy (non-hydrogen) atoms. The van der Waals surface area contributed by atoms with E-state index in [1.54, 1.807) is 0 Å². The van der Waals surface area contributed by atoms with E-state index >= 15 is 0 Å². The smallest absolute Gasteiger partial charge is 0.0754 e. The van der Waals surface area contributed by atoms with E-state index < -0.39 is 0 Å². The Morgan fingerprint density at radius 3 is 1.78 bits per heavy atom. The molecule has 0 saturated heterocycles. The molecule has 1 spiro atoms. The minimum absolute atomic E-state index is 0.346. The van der Waals surface area contributed by atoms with Gasteiger partial charge in [0.15, 0.2) is 0 Å². The van der Waals surface area contributed by atoms with Crippen molar-refractivity contribution in [3.63, 3.8) is 0 Å². The predicted octanol–water partition coefficient (Wildman–Crippen LogP) is 9.03. The van der Waals surface area contributed by atoms with Gasteiger partial charge in [-0.3, -0.25) is 0 Å². The second kappa shape index (κ2) is 7.96. The van der Waals surface area contributed by atoms with Crippen LogP contribution >= 0.6 is 0 Å². The van der Waals surface area contributed by atoms with Crippen LogP contribution in [-0.2, 0) is 11.8 Å². The molecule has 7 rings (SSSR count). The van der Waals surface area contributed by atoms with E-state index in [1.165, 1.54) is 56.0 Å². The Labute approximate surface area is 213 Å². The van der Waals surface area contributed by atoms with Crippen molar-refractivity contribution >= 4 is 17.1 Å². The first-order valence-corrected chi connectivity index (χ1v) is 13.0. The summed E-state index contributed by atoms with van der Waals surface area (Å²) in [5.74, 6) is 0.629. The Morgan fingerprint density at radius 1 is 0.556 bits per heavy atom. The van der Waals surface area contributed by atoms with E-state index in [-0.39, 0.29) is 5.41 Å². The van der Waals surface area contributed by atoms with Crippen molar-refractivity contribution in [3.8, 4) is 11.1 Å². The van der Waals surface area contributed by atoms with E-state index in [0.29, 0.717) is 5.92 Å². The first-order valence-electron chi connectivity index (χ1n) is 13.0. The summed E-state index contributed by atoms with van der Waals surface area (Å²) in [4.78, 5) is 2.43. The fraction of sp³-hybridized carbons (Fsp3) is 0.143. The van der Waals surface area contributed by atoms with Gasteiger partial charge in [0.2, 0.25) is 0 Å². The Morgan fingerprint density at radius 2 is 1.11 bits per heavy atom. The molecule has 0 atom stereocenters. The van der Waals surface area contributed by atoms with Crippen molar-refractivity contribution in [2.75, 3.05) is 4.90 Å². The highest BCUT2D eigenvalue weighted by Crippen LogP contribution is 2.63. The van der Waals surface area contributed by atoms with Crippen LogP contribution in [0.3, 0.4) is 0 Å². The van der Waals surface area contributed by atoms with Gasteiger partial charge in [-0.05, 0) is 75.5 Å². The summed E-state index contributed by atoms with van der Waals surface area (Å²) < 4.78 is 0. The molecule has 0 saturated carbocycles. The number of hydrogen-bond acceptors (Lipinski definition) is 1. The number of fused-ring (bicyclic) bond motifs is 9. The van der Waals surface area contributed by atoms with Gasteiger partial charge >= 0.3 is 0 Å². The Hall–Kier alpha value is -4.10. The minimum atomic E-state index is -0.346. The zero-order valence-corrected chi connectivity index (χ0v) is 20.8. The van der Waals surface area contributed by atoms with E-state index in [2.05, 4.69) is 140 Å². The molecular formula is C35H29N. The van der Waals surface area contributed by atoms with Crippen LogP contribution in [0, 0.1) is 5.92 Å². The molecule has 1 aliphatic carbocycles. The van der Waals surface area contributed by atoms with Crippen molar-refractivity contribution in [1.82, 2.24) is 0 Å². The van der Waals surface area contributed by atoms with Crippen LogP contribution in [0.1, 0.15) is 41.7 Å². The predicted molar refractivity (Wildman–Crippen MR) is 151 cm³/mol. The number of nitrogens with zero attached hydrogens (tertiary/aromatic N) is 1. The third-order valence-electron chi connectivity index (χ3n) is 7.87. The average Bonchev–Trinajstić information content (AvgIpc) is 3.20. The molecule has 0 bridgehead atoms. The summed E-state index contributed by atoms with van der Waals surface area (Å²) in [5.41, 5.74) is 12.9. The molecule has 0 fully saturated rings. The van der Waals surface area contributed by atoms with E-state index in [1.807, 2.05) is 0 Å². The fourth-order valence-electron chi connectivity index (χ4n) is 6.61. The van der Waals surface area contributed by atoms with Crippen molar-refractivity contribution in [2.24, 2.45) is 5.92 Å². The van der Waals surface area contributed by atoms with Crippen molar-refractivity contribution < 1.29 is 0 Å². The topological polar surface area (TPSA) is 3.24 Å². The molecule has 0 N–H and O–H groups in total. The minimum Gasteiger partial charge on any atom is -0.310 e. The molecule has 0 unspecified atom stereocenters. The quantitative estimate of drug-likeness (QED) is 0.253. The number of rotatable bonds is 3. The van der Waals surface area contributed by atoms with E-state index in [9.17, 15) is 0 Å². The van der Waals surface area contributed by atoms with Crippen LogP contribution in [0.5, 0.6) is 0 Å². The second-order valence-electron chi connectivity index (χ2n) is 10.5. The van der Waals surface area contributed by atoms with Crippen LogP contribution in [0.25, 0.3) is 11.1 Å². The highest BCUT2D eigenvalue weighted by molar-refractivity contribution is 5.95. The fourth-order valence-corrected chi connectivity index (χ4v) is 6.61. The van der Waals surface area contributed by atoms with Gasteiger partial charge in [0.25, 0.3) is 0 Å². The maximum Gasteiger partial charge on any atom is 0.0754 e. The molecule has 174 valence electrons. The summed E-state index contributed by atoms with van der Waals surface area (Å²) in [6.07, 6.45) is 1.09. The zero-order chi connectivity index (χ0) is 24.3. The van der Waals surface area contributed by atoms with Crippen LogP contribution in [0.4, 0.5) is 17.1 Å². The molecule has 1 nitrogen and oxygen atoms in total. The van der Waals surface area contributed by atoms with Gasteiger partial charge in [-0.2, -0.15) is 0 Å². The number of benzene rings is 5. The third-order valence-corrected chi connectivity index (χ3v) is 7.87. The Balaban J connectivity index is 1.60. The van der Waals surface area contributed by atoms with Gasteiger partial charge in [-0.1, -0.05) is 111 Å². The molecule has 5 aromatic rings. The first kappa shape index (κ1) is 21.2. The molecule has 2 aliphatic rings. The monoisotopic (exact) mass is 463 g/mol. The van der Waals surface area contributed by atoms with Crippen molar-refractivity contribution in [1.29, 1.82) is 0 Å². The molecule has 0 aromatic heterocycles. The Bertz CT molecular complexity index is 1550. The average molecular weight is 464 g/mol. The van der Waals surface area contributed by atoms with Gasteiger partial charge in [0, 0.05) is 5.69 Å². The van der Waals surface area contributed by atoms with Crippen LogP contribution < -0.4 is 4.90 Å². The standard InChI is InChI=1S/C35H29N/c1-24(2)22-25-20-21-30-28(23-25)27-14-6-7-15-29(27)35(30)31-16-8-10-18-33(31)36(26-12-4-3-5-13-26)34-19-11-9-17-32(34)35/h3-21,23-24H,22H2,1-2H3. The molecular weight excluding hydrogens is 434 g/mol. The highest BCUT2D eigenvalue weighted by Gasteiger charge is 2.51. The summed E-state index contributed by atoms with van der Waals surface area (Å²) in [6.45, 7) is 4.60. The molecule has 1 heteroatoms. The number of hydrogen-bond donors (Lipinski definition) is 0. The maximum atomic E-state index is 2.46. The van der Waals surface area contributed by atoms with Gasteiger partial charge in [0.05, 0.1) is 16.8 Å². The van der Waals surface area contributed by atoms with Crippen molar-refractivity contribution in [3.05, 3.63) is 149 Å². The maximum absolute atomic E-state index is 2.46. The zero-order valence-electron chi connectivity index (χ0n) is 20.8. The summed E-state index contributed by atoms with van der Waals surface area (Å²) in [6, 6.07) is 45.0. The van der Waals surface area contributed by atoms with Gasteiger partial charge in [0.1, 0.15) is 0 Å². The lowest BCUT2D eigenvalue weighted by Gasteiger charge is -2.45. The van der Waals surface area contributed by atoms with E-state index in [0.717, 1.165) is 6.42 Å². The first-order chi connectivity index (χ1) is 17.7. The molecule has 0 radical (unpaired) electrons. The SMILES string of the molecule is CC(C)Cc1ccc2c(c1)-c1ccccc1C21c2ccccc2N(c2ccccc2)c2ccccc21. The highest BCUT2D eigenvalue weighted by atomic mass is 15.2. The molecule has 1 heterocycles. The van der Waals surface area contributed by atoms with Gasteiger partial charge in [-0.15, -0.1) is 0 Å². The summed E-state index contributed by atoms with van der Waals surface area (Å²) in [5, 5.41) is 0. The lowest BCUT2D eigenvalue weighted by Crippen LogP contribution is -2.36. The van der Waals surface area contributed by atoms with Crippen LogP contribution in [-0.4, -0.2) is 0 Å². The van der Waals surface area contributed by atoms with Crippen molar-refractivity contribution in [2.45, 2.75) is 25.7 Å². The normalized spacial score (nSPS) is 14.4. The number of para-hydroxylation sites is 3. The van der Waals surface area contributed by atoms with Crippen LogP contribution in [0.15, 0.2) is 121 Å². The molecule has 5 aromatic carbocycles. The van der Waals surface area contributed by atoms with Gasteiger partial charge in [-0.25, -0.2) is 0 Å².